The topological polar surface area (TPSA) is 45.3 Å². The molecule has 3 saturated heterocycles. The number of nitrogens with zero attached hydrogens (tertiary/aromatic N) is 1. The molecule has 4 aliphatic heterocycles. The molecule has 4 bridgehead atoms. The van der Waals surface area contributed by atoms with Gasteiger partial charge in [-0.2, -0.15) is 0 Å². The largest absolute Gasteiger partial charge is 0.497 e. The quantitative estimate of drug-likeness (QED) is 0.682. The first-order valence-corrected chi connectivity index (χ1v) is 8.79. The summed E-state index contributed by atoms with van der Waals surface area (Å²) >= 11 is 0. The Hall–Kier alpha value is -2.07. The summed E-state index contributed by atoms with van der Waals surface area (Å²) in [7, 11) is 1.71. The second kappa shape index (κ2) is 4.96. The van der Waals surface area contributed by atoms with E-state index < -0.39 is 0 Å². The number of hydrogen-bond donors (Lipinski definition) is 1. The van der Waals surface area contributed by atoms with Crippen molar-refractivity contribution in [2.24, 2.45) is 11.8 Å². The van der Waals surface area contributed by atoms with Crippen LogP contribution in [-0.2, 0) is 11.2 Å². The number of aromatic amines is 1. The Morgan fingerprint density at radius 1 is 1.38 bits per heavy atom. The predicted molar refractivity (Wildman–Crippen MR) is 93.2 cm³/mol. The number of benzene rings is 1. The Kier molecular flexibility index (Phi) is 2.95. The van der Waals surface area contributed by atoms with Crippen molar-refractivity contribution in [2.75, 3.05) is 13.7 Å². The molecular weight excluding hydrogens is 300 g/mol. The Morgan fingerprint density at radius 2 is 2.25 bits per heavy atom. The van der Waals surface area contributed by atoms with E-state index in [-0.39, 0.29) is 5.92 Å². The van der Waals surface area contributed by atoms with E-state index in [1.165, 1.54) is 34.0 Å². The Morgan fingerprint density at radius 3 is 3.00 bits per heavy atom. The van der Waals surface area contributed by atoms with Gasteiger partial charge in [0.15, 0.2) is 0 Å². The molecule has 3 fully saturated rings. The lowest BCUT2D eigenvalue weighted by Crippen LogP contribution is -2.60. The molecule has 124 valence electrons. The SMILES string of the molecule is C/C=C1/CN2[C@H]3C[C@@H]1[C@@H](C=O)[C@@H]2Cc1c3[nH]c2ccc(OC)cc12. The van der Waals surface area contributed by atoms with Gasteiger partial charge >= 0.3 is 0 Å². The van der Waals surface area contributed by atoms with Crippen LogP contribution in [0, 0.1) is 11.8 Å². The van der Waals surface area contributed by atoms with E-state index in [0.29, 0.717) is 18.0 Å². The fraction of sp³-hybridized carbons (Fsp3) is 0.450. The Labute approximate surface area is 141 Å². The van der Waals surface area contributed by atoms with Crippen LogP contribution >= 0.6 is 0 Å². The predicted octanol–water partition coefficient (Wildman–Crippen LogP) is 3.24. The van der Waals surface area contributed by atoms with E-state index in [4.69, 9.17) is 4.74 Å². The summed E-state index contributed by atoms with van der Waals surface area (Å²) in [5.74, 6) is 1.44. The average Bonchev–Trinajstić information content (AvgIpc) is 2.99. The minimum absolute atomic E-state index is 0.130. The van der Waals surface area contributed by atoms with Gasteiger partial charge in [0, 0.05) is 35.1 Å². The first-order chi connectivity index (χ1) is 11.7. The number of aromatic nitrogens is 1. The molecule has 4 nitrogen and oxygen atoms in total. The molecule has 6 rings (SSSR count). The molecule has 2 aromatic rings. The summed E-state index contributed by atoms with van der Waals surface area (Å²) in [4.78, 5) is 18.1. The van der Waals surface area contributed by atoms with Gasteiger partial charge in [-0.3, -0.25) is 4.90 Å². The van der Waals surface area contributed by atoms with E-state index >= 15 is 0 Å². The minimum Gasteiger partial charge on any atom is -0.497 e. The molecule has 5 atom stereocenters. The van der Waals surface area contributed by atoms with E-state index in [2.05, 4.69) is 35.0 Å². The van der Waals surface area contributed by atoms with Crippen molar-refractivity contribution in [3.63, 3.8) is 0 Å². The van der Waals surface area contributed by atoms with Crippen molar-refractivity contribution in [1.29, 1.82) is 0 Å². The van der Waals surface area contributed by atoms with Crippen LogP contribution in [0.5, 0.6) is 5.75 Å². The molecule has 1 unspecified atom stereocenters. The van der Waals surface area contributed by atoms with Gasteiger partial charge < -0.3 is 14.5 Å². The number of allylic oxidation sites excluding steroid dienone is 1. The normalized spacial score (nSPS) is 35.2. The van der Waals surface area contributed by atoms with Crippen LogP contribution in [0.25, 0.3) is 10.9 Å². The van der Waals surface area contributed by atoms with Gasteiger partial charge in [0.25, 0.3) is 0 Å². The Balaban J connectivity index is 1.67. The monoisotopic (exact) mass is 322 g/mol. The molecule has 4 aliphatic rings. The molecule has 0 aliphatic carbocycles. The fourth-order valence-electron chi connectivity index (χ4n) is 5.32. The first kappa shape index (κ1) is 14.3. The zero-order chi connectivity index (χ0) is 16.4. The van der Waals surface area contributed by atoms with Gasteiger partial charge in [-0.05, 0) is 49.4 Å². The summed E-state index contributed by atoms with van der Waals surface area (Å²) in [6, 6.07) is 7.01. The van der Waals surface area contributed by atoms with Crippen LogP contribution in [0.4, 0.5) is 0 Å². The standard InChI is InChI=1S/C20H22N2O2/c1-3-11-9-22-18-8-15-14-6-12(24-2)4-5-17(14)21-20(15)19(22)7-13(11)16(18)10-23/h3-6,10,13,16,18-19,21H,7-9H2,1-2H3/b11-3-/t13-,16+,18-,19-/m0/s1. The highest BCUT2D eigenvalue weighted by Gasteiger charge is 2.52. The summed E-state index contributed by atoms with van der Waals surface area (Å²) in [5, 5.41) is 1.26. The summed E-state index contributed by atoms with van der Waals surface area (Å²) in [6.45, 7) is 3.12. The van der Waals surface area contributed by atoms with Crippen LogP contribution in [-0.4, -0.2) is 35.9 Å². The third-order valence-corrected chi connectivity index (χ3v) is 6.47. The number of H-pyrrole nitrogens is 1. The van der Waals surface area contributed by atoms with Crippen LogP contribution in [0.2, 0.25) is 0 Å². The lowest BCUT2D eigenvalue weighted by molar-refractivity contribution is -0.121. The third-order valence-electron chi connectivity index (χ3n) is 6.47. The van der Waals surface area contributed by atoms with Crippen LogP contribution in [0.1, 0.15) is 30.6 Å². The number of hydrogen-bond acceptors (Lipinski definition) is 3. The second-order valence-electron chi connectivity index (χ2n) is 7.31. The molecule has 0 radical (unpaired) electrons. The number of methoxy groups -OCH3 is 1. The maximum atomic E-state index is 11.8. The third kappa shape index (κ3) is 1.69. The van der Waals surface area contributed by atoms with Crippen molar-refractivity contribution in [1.82, 2.24) is 9.88 Å². The highest BCUT2D eigenvalue weighted by Crippen LogP contribution is 2.53. The van der Waals surface area contributed by atoms with Gasteiger partial charge in [-0.1, -0.05) is 11.6 Å². The van der Waals surface area contributed by atoms with E-state index in [9.17, 15) is 4.79 Å². The molecule has 24 heavy (non-hydrogen) atoms. The summed E-state index contributed by atoms with van der Waals surface area (Å²) in [5.41, 5.74) is 5.38. The van der Waals surface area contributed by atoms with Crippen molar-refractivity contribution in [3.8, 4) is 5.75 Å². The van der Waals surface area contributed by atoms with Crippen LogP contribution in [0.3, 0.4) is 0 Å². The smallest absolute Gasteiger partial charge is 0.125 e. The number of carbonyl (C=O) groups is 1. The zero-order valence-corrected chi connectivity index (χ0v) is 14.1. The number of aldehydes is 1. The van der Waals surface area contributed by atoms with E-state index in [1.54, 1.807) is 7.11 Å². The number of ether oxygens (including phenoxy) is 1. The van der Waals surface area contributed by atoms with E-state index in [1.807, 2.05) is 6.07 Å². The van der Waals surface area contributed by atoms with Crippen molar-refractivity contribution in [2.45, 2.75) is 31.8 Å². The van der Waals surface area contributed by atoms with Gasteiger partial charge in [0.2, 0.25) is 0 Å². The number of rotatable bonds is 2. The molecule has 0 spiro atoms. The molecule has 1 aromatic heterocycles. The van der Waals surface area contributed by atoms with Gasteiger partial charge in [0.1, 0.15) is 12.0 Å². The molecule has 4 heteroatoms. The zero-order valence-electron chi connectivity index (χ0n) is 14.1. The molecule has 0 amide bonds. The van der Waals surface area contributed by atoms with Gasteiger partial charge in [0.05, 0.1) is 13.2 Å². The van der Waals surface area contributed by atoms with Crippen molar-refractivity contribution in [3.05, 3.63) is 41.1 Å². The lowest BCUT2D eigenvalue weighted by Gasteiger charge is -2.57. The summed E-state index contributed by atoms with van der Waals surface area (Å²) < 4.78 is 5.41. The number of fused-ring (bicyclic) bond motifs is 4. The van der Waals surface area contributed by atoms with Crippen LogP contribution in [0.15, 0.2) is 29.8 Å². The number of carbonyl (C=O) groups excluding carboxylic acids is 1. The molecule has 1 N–H and O–H groups in total. The second-order valence-corrected chi connectivity index (χ2v) is 7.31. The fourth-order valence-corrected chi connectivity index (χ4v) is 5.32. The highest BCUT2D eigenvalue weighted by atomic mass is 16.5. The lowest BCUT2D eigenvalue weighted by atomic mass is 9.64. The molecule has 5 heterocycles. The number of piperidine rings is 3. The van der Waals surface area contributed by atoms with Gasteiger partial charge in [-0.15, -0.1) is 0 Å². The van der Waals surface area contributed by atoms with Crippen molar-refractivity contribution < 1.29 is 9.53 Å². The first-order valence-electron chi connectivity index (χ1n) is 8.79. The Bertz CT molecular complexity index is 866. The highest BCUT2D eigenvalue weighted by molar-refractivity contribution is 5.87. The van der Waals surface area contributed by atoms with E-state index in [0.717, 1.165) is 25.1 Å². The van der Waals surface area contributed by atoms with Gasteiger partial charge in [-0.25, -0.2) is 0 Å². The molecule has 1 aromatic carbocycles. The minimum atomic E-state index is 0.130. The molecule has 0 saturated carbocycles. The van der Waals surface area contributed by atoms with Crippen molar-refractivity contribution >= 4 is 17.2 Å². The maximum Gasteiger partial charge on any atom is 0.125 e. The van der Waals surface area contributed by atoms with Crippen LogP contribution < -0.4 is 4.74 Å². The number of nitrogens with one attached hydrogen (secondary N) is 1. The average molecular weight is 322 g/mol. The molecular formula is C20H22N2O2. The summed E-state index contributed by atoms with van der Waals surface area (Å²) in [6.07, 6.45) is 5.44. The maximum absolute atomic E-state index is 11.8.